The van der Waals surface area contributed by atoms with Gasteiger partial charge in [0.25, 0.3) is 0 Å². The minimum atomic E-state index is 0.564. The van der Waals surface area contributed by atoms with Crippen LogP contribution in [0.2, 0.25) is 0 Å². The van der Waals surface area contributed by atoms with Gasteiger partial charge in [-0.05, 0) is 30.4 Å². The number of nitrogens with one attached hydrogen (secondary N) is 1. The first-order valence-corrected chi connectivity index (χ1v) is 5.87. The SMILES string of the molecule is NCc1cc(C2CCSCC2)n[nH]1. The van der Waals surface area contributed by atoms with E-state index in [0.29, 0.717) is 12.5 Å². The van der Waals surface area contributed by atoms with Crippen molar-refractivity contribution in [2.75, 3.05) is 11.5 Å². The van der Waals surface area contributed by atoms with Crippen molar-refractivity contribution in [3.63, 3.8) is 0 Å². The van der Waals surface area contributed by atoms with Crippen molar-refractivity contribution in [1.29, 1.82) is 0 Å². The number of hydrogen-bond acceptors (Lipinski definition) is 3. The Morgan fingerprint density at radius 2 is 2.31 bits per heavy atom. The summed E-state index contributed by atoms with van der Waals surface area (Å²) in [7, 11) is 0. The number of aromatic nitrogens is 2. The average Bonchev–Trinajstić information content (AvgIpc) is 2.67. The highest BCUT2D eigenvalue weighted by molar-refractivity contribution is 7.99. The fraction of sp³-hybridized carbons (Fsp3) is 0.667. The number of nitrogens with two attached hydrogens (primary N) is 1. The Balaban J connectivity index is 2.05. The topological polar surface area (TPSA) is 54.7 Å². The van der Waals surface area contributed by atoms with Gasteiger partial charge in [-0.25, -0.2) is 0 Å². The van der Waals surface area contributed by atoms with Crippen molar-refractivity contribution in [3.8, 4) is 0 Å². The van der Waals surface area contributed by atoms with Gasteiger partial charge in [-0.2, -0.15) is 16.9 Å². The Morgan fingerprint density at radius 3 is 2.92 bits per heavy atom. The van der Waals surface area contributed by atoms with Crippen molar-refractivity contribution in [2.45, 2.75) is 25.3 Å². The van der Waals surface area contributed by atoms with Gasteiger partial charge in [0.2, 0.25) is 0 Å². The van der Waals surface area contributed by atoms with Crippen LogP contribution >= 0.6 is 11.8 Å². The maximum Gasteiger partial charge on any atom is 0.0656 e. The number of nitrogens with zero attached hydrogens (tertiary/aromatic N) is 1. The first-order valence-electron chi connectivity index (χ1n) is 4.72. The molecule has 1 aromatic rings. The van der Waals surface area contributed by atoms with E-state index in [1.165, 1.54) is 30.0 Å². The fourth-order valence-corrected chi connectivity index (χ4v) is 2.79. The van der Waals surface area contributed by atoms with Crippen LogP contribution in [0.4, 0.5) is 0 Å². The summed E-state index contributed by atoms with van der Waals surface area (Å²) in [6, 6.07) is 2.11. The van der Waals surface area contributed by atoms with E-state index < -0.39 is 0 Å². The molecule has 72 valence electrons. The average molecular weight is 197 g/mol. The number of H-pyrrole nitrogens is 1. The van der Waals surface area contributed by atoms with Gasteiger partial charge >= 0.3 is 0 Å². The largest absolute Gasteiger partial charge is 0.325 e. The molecule has 3 nitrogen and oxygen atoms in total. The summed E-state index contributed by atoms with van der Waals surface area (Å²) in [6.45, 7) is 0.564. The first-order chi connectivity index (χ1) is 6.40. The van der Waals surface area contributed by atoms with Crippen molar-refractivity contribution >= 4 is 11.8 Å². The molecule has 1 aromatic heterocycles. The van der Waals surface area contributed by atoms with Gasteiger partial charge in [0.15, 0.2) is 0 Å². The second-order valence-corrected chi connectivity index (χ2v) is 4.63. The van der Waals surface area contributed by atoms with E-state index in [4.69, 9.17) is 5.73 Å². The molecule has 0 bridgehead atoms. The molecule has 1 fully saturated rings. The molecule has 0 atom stereocenters. The molecule has 13 heavy (non-hydrogen) atoms. The fourth-order valence-electron chi connectivity index (χ4n) is 1.69. The maximum atomic E-state index is 5.52. The Hall–Kier alpha value is -0.480. The third kappa shape index (κ3) is 2.06. The van der Waals surface area contributed by atoms with Gasteiger partial charge in [-0.3, -0.25) is 5.10 Å². The molecular formula is C9H15N3S. The highest BCUT2D eigenvalue weighted by Crippen LogP contribution is 2.30. The molecule has 1 saturated heterocycles. The van der Waals surface area contributed by atoms with E-state index >= 15 is 0 Å². The van der Waals surface area contributed by atoms with Crippen molar-refractivity contribution in [2.24, 2.45) is 5.73 Å². The summed E-state index contributed by atoms with van der Waals surface area (Å²) in [5.74, 6) is 3.21. The van der Waals surface area contributed by atoms with Gasteiger partial charge in [-0.15, -0.1) is 0 Å². The van der Waals surface area contributed by atoms with Crippen LogP contribution in [0.1, 0.15) is 30.1 Å². The van der Waals surface area contributed by atoms with Gasteiger partial charge in [-0.1, -0.05) is 0 Å². The maximum absolute atomic E-state index is 5.52. The second kappa shape index (κ2) is 4.15. The summed E-state index contributed by atoms with van der Waals surface area (Å²) < 4.78 is 0. The molecule has 0 amide bonds. The van der Waals surface area contributed by atoms with E-state index in [2.05, 4.69) is 16.3 Å². The molecular weight excluding hydrogens is 182 g/mol. The number of rotatable bonds is 2. The first kappa shape index (κ1) is 9.09. The van der Waals surface area contributed by atoms with Crippen molar-refractivity contribution in [3.05, 3.63) is 17.5 Å². The molecule has 1 aliphatic rings. The zero-order valence-corrected chi connectivity index (χ0v) is 8.44. The second-order valence-electron chi connectivity index (χ2n) is 3.41. The zero-order chi connectivity index (χ0) is 9.10. The number of thioether (sulfide) groups is 1. The van der Waals surface area contributed by atoms with Crippen molar-refractivity contribution < 1.29 is 0 Å². The minimum Gasteiger partial charge on any atom is -0.325 e. The Kier molecular flexibility index (Phi) is 2.90. The van der Waals surface area contributed by atoms with Crippen LogP contribution in [-0.4, -0.2) is 21.7 Å². The summed E-state index contributed by atoms with van der Waals surface area (Å²) in [6.07, 6.45) is 2.53. The van der Waals surface area contributed by atoms with Crippen molar-refractivity contribution in [1.82, 2.24) is 10.2 Å². The standard InChI is InChI=1S/C9H15N3S/c10-6-8-5-9(12-11-8)7-1-3-13-4-2-7/h5,7H,1-4,6,10H2,(H,11,12). The summed E-state index contributed by atoms with van der Waals surface area (Å²) in [4.78, 5) is 0. The van der Waals surface area contributed by atoms with E-state index in [1.54, 1.807) is 0 Å². The highest BCUT2D eigenvalue weighted by Gasteiger charge is 2.17. The summed E-state index contributed by atoms with van der Waals surface area (Å²) in [5, 5.41) is 7.27. The quantitative estimate of drug-likeness (QED) is 0.755. The van der Waals surface area contributed by atoms with Gasteiger partial charge in [0, 0.05) is 18.2 Å². The third-order valence-electron chi connectivity index (χ3n) is 2.51. The predicted octanol–water partition coefficient (Wildman–Crippen LogP) is 1.48. The lowest BCUT2D eigenvalue weighted by Crippen LogP contribution is -2.08. The molecule has 3 N–H and O–H groups in total. The van der Waals surface area contributed by atoms with E-state index in [0.717, 1.165) is 5.69 Å². The van der Waals surface area contributed by atoms with Gasteiger partial charge in [0.05, 0.1) is 5.69 Å². The van der Waals surface area contributed by atoms with Crippen LogP contribution in [0.5, 0.6) is 0 Å². The number of hydrogen-bond donors (Lipinski definition) is 2. The van der Waals surface area contributed by atoms with E-state index in [-0.39, 0.29) is 0 Å². The lowest BCUT2D eigenvalue weighted by molar-refractivity contribution is 0.617. The lowest BCUT2D eigenvalue weighted by Gasteiger charge is -2.18. The number of aromatic amines is 1. The summed E-state index contributed by atoms with van der Waals surface area (Å²) in [5.41, 5.74) is 7.78. The highest BCUT2D eigenvalue weighted by atomic mass is 32.2. The van der Waals surface area contributed by atoms with Crippen LogP contribution in [0.3, 0.4) is 0 Å². The van der Waals surface area contributed by atoms with Crippen LogP contribution in [-0.2, 0) is 6.54 Å². The summed E-state index contributed by atoms with van der Waals surface area (Å²) >= 11 is 2.04. The minimum absolute atomic E-state index is 0.564. The molecule has 2 heterocycles. The molecule has 4 heteroatoms. The van der Waals surface area contributed by atoms with E-state index in [1.807, 2.05) is 11.8 Å². The zero-order valence-electron chi connectivity index (χ0n) is 7.62. The molecule has 1 aliphatic heterocycles. The Morgan fingerprint density at radius 1 is 1.54 bits per heavy atom. The molecule has 0 aromatic carbocycles. The van der Waals surface area contributed by atoms with Crippen LogP contribution in [0.15, 0.2) is 6.07 Å². The Bertz CT molecular complexity index is 266. The Labute approximate surface area is 82.5 Å². The van der Waals surface area contributed by atoms with Crippen LogP contribution in [0.25, 0.3) is 0 Å². The van der Waals surface area contributed by atoms with Crippen LogP contribution in [0, 0.1) is 0 Å². The van der Waals surface area contributed by atoms with Gasteiger partial charge < -0.3 is 5.73 Å². The molecule has 0 radical (unpaired) electrons. The molecule has 0 saturated carbocycles. The molecule has 0 aliphatic carbocycles. The third-order valence-corrected chi connectivity index (χ3v) is 3.56. The smallest absolute Gasteiger partial charge is 0.0656 e. The molecule has 2 rings (SSSR count). The predicted molar refractivity (Wildman–Crippen MR) is 55.8 cm³/mol. The lowest BCUT2D eigenvalue weighted by atomic mass is 9.99. The van der Waals surface area contributed by atoms with E-state index in [9.17, 15) is 0 Å². The normalized spacial score (nSPS) is 19.2. The molecule has 0 unspecified atom stereocenters. The molecule has 0 spiro atoms. The monoisotopic (exact) mass is 197 g/mol. The van der Waals surface area contributed by atoms with Gasteiger partial charge in [0.1, 0.15) is 0 Å². The van der Waals surface area contributed by atoms with Crippen LogP contribution < -0.4 is 5.73 Å².